The lowest BCUT2D eigenvalue weighted by molar-refractivity contribution is -0.117. The molecule has 0 unspecified atom stereocenters. The minimum absolute atomic E-state index is 0.0461. The first-order valence-corrected chi connectivity index (χ1v) is 11.9. The zero-order valence-corrected chi connectivity index (χ0v) is 21.3. The molecule has 0 saturated carbocycles. The zero-order chi connectivity index (χ0) is 27.8. The van der Waals surface area contributed by atoms with Gasteiger partial charge in [0.1, 0.15) is 6.07 Å². The monoisotopic (exact) mass is 526 g/mol. The lowest BCUT2D eigenvalue weighted by atomic mass is 10.0. The van der Waals surface area contributed by atoms with Crippen molar-refractivity contribution in [3.63, 3.8) is 0 Å². The minimum Gasteiger partial charge on any atom is -0.476 e. The van der Waals surface area contributed by atoms with Crippen LogP contribution < -0.4 is 15.8 Å². The topological polar surface area (TPSA) is 136 Å². The summed E-state index contributed by atoms with van der Waals surface area (Å²) >= 11 is 0. The molecule has 0 aliphatic carbocycles. The van der Waals surface area contributed by atoms with E-state index in [1.807, 2.05) is 6.92 Å². The van der Waals surface area contributed by atoms with Crippen LogP contribution in [0.25, 0.3) is 11.3 Å². The number of nitrogens with one attached hydrogen (secondary N) is 1. The summed E-state index contributed by atoms with van der Waals surface area (Å²) in [6.07, 6.45) is 1.77. The average Bonchev–Trinajstić information content (AvgIpc) is 3.30. The van der Waals surface area contributed by atoms with Gasteiger partial charge in [-0.3, -0.25) is 14.4 Å². The number of carbonyl (C=O) groups excluding carboxylic acids is 2. The number of anilines is 1. The summed E-state index contributed by atoms with van der Waals surface area (Å²) in [5.41, 5.74) is 7.04. The third-order valence-corrected chi connectivity index (χ3v) is 5.66. The van der Waals surface area contributed by atoms with E-state index < -0.39 is 29.9 Å². The standard InChI is InChI=1S/C26H28F2N6O4/c1-4-16-14-17(6-7-18(16)26(36)34(5-2)38-13-11-30)32-25(35)24-31-15-20(33(24)3)19-8-9-21(37-12-10-29)23(28)22(19)27/h6-9,14-15H,4-5,11-13,30H2,1-3H3,(H,32,35). The van der Waals surface area contributed by atoms with E-state index in [2.05, 4.69) is 10.3 Å². The van der Waals surface area contributed by atoms with Gasteiger partial charge in [-0.15, -0.1) is 0 Å². The summed E-state index contributed by atoms with van der Waals surface area (Å²) in [6, 6.07) is 9.03. The van der Waals surface area contributed by atoms with Crippen LogP contribution in [0.15, 0.2) is 36.5 Å². The Morgan fingerprint density at radius 3 is 2.63 bits per heavy atom. The maximum Gasteiger partial charge on any atom is 0.291 e. The summed E-state index contributed by atoms with van der Waals surface area (Å²) in [6.45, 7) is 4.04. The molecule has 3 aromatic rings. The molecule has 1 aromatic heterocycles. The fourth-order valence-corrected chi connectivity index (χ4v) is 3.77. The second-order valence-corrected chi connectivity index (χ2v) is 8.01. The van der Waals surface area contributed by atoms with Crippen LogP contribution in [0.3, 0.4) is 0 Å². The smallest absolute Gasteiger partial charge is 0.291 e. The number of carbonyl (C=O) groups is 2. The number of nitrogens with two attached hydrogens (primary N) is 1. The van der Waals surface area contributed by atoms with Crippen molar-refractivity contribution in [2.75, 3.05) is 31.6 Å². The number of benzene rings is 2. The molecule has 38 heavy (non-hydrogen) atoms. The first-order chi connectivity index (χ1) is 18.3. The molecular weight excluding hydrogens is 498 g/mol. The van der Waals surface area contributed by atoms with E-state index in [9.17, 15) is 18.4 Å². The highest BCUT2D eigenvalue weighted by molar-refractivity contribution is 6.03. The molecule has 0 saturated heterocycles. The molecule has 2 aromatic carbocycles. The number of amides is 2. The van der Waals surface area contributed by atoms with E-state index in [1.165, 1.54) is 35.0 Å². The zero-order valence-electron chi connectivity index (χ0n) is 21.3. The second-order valence-electron chi connectivity index (χ2n) is 8.01. The average molecular weight is 527 g/mol. The van der Waals surface area contributed by atoms with Crippen LogP contribution in [0.4, 0.5) is 14.5 Å². The van der Waals surface area contributed by atoms with E-state index in [4.69, 9.17) is 20.6 Å². The van der Waals surface area contributed by atoms with E-state index in [1.54, 1.807) is 31.2 Å². The van der Waals surface area contributed by atoms with Crippen LogP contribution in [0.5, 0.6) is 5.75 Å². The maximum atomic E-state index is 14.7. The lowest BCUT2D eigenvalue weighted by Crippen LogP contribution is -2.33. The normalized spacial score (nSPS) is 10.7. The minimum atomic E-state index is -1.25. The number of rotatable bonds is 11. The first-order valence-electron chi connectivity index (χ1n) is 11.9. The Balaban J connectivity index is 1.82. The molecule has 0 radical (unpaired) electrons. The highest BCUT2D eigenvalue weighted by Gasteiger charge is 2.23. The van der Waals surface area contributed by atoms with Gasteiger partial charge in [-0.1, -0.05) is 6.92 Å². The van der Waals surface area contributed by atoms with Crippen molar-refractivity contribution >= 4 is 17.5 Å². The van der Waals surface area contributed by atoms with Crippen LogP contribution in [-0.4, -0.2) is 52.7 Å². The van der Waals surface area contributed by atoms with Gasteiger partial charge in [0.15, 0.2) is 24.0 Å². The summed E-state index contributed by atoms with van der Waals surface area (Å²) in [4.78, 5) is 35.4. The van der Waals surface area contributed by atoms with Gasteiger partial charge in [0.25, 0.3) is 11.8 Å². The predicted molar refractivity (Wildman–Crippen MR) is 135 cm³/mol. The Bertz CT molecular complexity index is 1370. The molecular formula is C26H28F2N6O4. The van der Waals surface area contributed by atoms with Crippen LogP contribution in [0.2, 0.25) is 0 Å². The van der Waals surface area contributed by atoms with E-state index in [0.29, 0.717) is 29.8 Å². The molecule has 3 rings (SSSR count). The SMILES string of the molecule is CCc1cc(NC(=O)c2ncc(-c3ccc(OCC#N)c(F)c3F)n2C)ccc1C(=O)N(CC)OCCN. The molecule has 10 nitrogen and oxygen atoms in total. The van der Waals surface area contributed by atoms with Gasteiger partial charge in [0, 0.05) is 37.0 Å². The number of hydroxylamine groups is 2. The Hall–Kier alpha value is -4.34. The van der Waals surface area contributed by atoms with Gasteiger partial charge in [-0.2, -0.15) is 9.65 Å². The molecule has 200 valence electrons. The quantitative estimate of drug-likeness (QED) is 0.366. The Labute approximate surface area is 218 Å². The number of imidazole rings is 1. The van der Waals surface area contributed by atoms with Crippen molar-refractivity contribution in [3.8, 4) is 23.1 Å². The number of nitriles is 1. The second kappa shape index (κ2) is 12.8. The number of nitrogens with zero attached hydrogens (tertiary/aromatic N) is 4. The van der Waals surface area contributed by atoms with Crippen molar-refractivity contribution in [2.45, 2.75) is 20.3 Å². The van der Waals surface area contributed by atoms with Crippen LogP contribution in [0, 0.1) is 23.0 Å². The Kier molecular flexibility index (Phi) is 9.48. The first kappa shape index (κ1) is 28.2. The number of hydrogen-bond donors (Lipinski definition) is 2. The highest BCUT2D eigenvalue weighted by Crippen LogP contribution is 2.30. The van der Waals surface area contributed by atoms with Gasteiger partial charge in [-0.05, 0) is 49.2 Å². The van der Waals surface area contributed by atoms with E-state index in [-0.39, 0.29) is 36.1 Å². The van der Waals surface area contributed by atoms with E-state index >= 15 is 0 Å². The molecule has 3 N–H and O–H groups in total. The molecule has 1 heterocycles. The van der Waals surface area contributed by atoms with Gasteiger partial charge < -0.3 is 20.4 Å². The molecule has 0 aliphatic heterocycles. The predicted octanol–water partition coefficient (Wildman–Crippen LogP) is 3.43. The summed E-state index contributed by atoms with van der Waals surface area (Å²) in [5, 5.41) is 12.5. The number of aromatic nitrogens is 2. The number of hydrogen-bond acceptors (Lipinski definition) is 7. The molecule has 0 aliphatic rings. The van der Waals surface area contributed by atoms with Gasteiger partial charge in [0.2, 0.25) is 5.82 Å². The van der Waals surface area contributed by atoms with Crippen LogP contribution in [-0.2, 0) is 18.3 Å². The van der Waals surface area contributed by atoms with Crippen molar-refractivity contribution in [1.82, 2.24) is 14.6 Å². The van der Waals surface area contributed by atoms with Crippen molar-refractivity contribution in [2.24, 2.45) is 12.8 Å². The van der Waals surface area contributed by atoms with Crippen LogP contribution in [0.1, 0.15) is 40.4 Å². The van der Waals surface area contributed by atoms with Gasteiger partial charge in [-0.25, -0.2) is 14.4 Å². The Morgan fingerprint density at radius 2 is 1.97 bits per heavy atom. The van der Waals surface area contributed by atoms with Crippen molar-refractivity contribution in [1.29, 1.82) is 5.26 Å². The van der Waals surface area contributed by atoms with Gasteiger partial charge in [0.05, 0.1) is 18.5 Å². The molecule has 0 spiro atoms. The fourth-order valence-electron chi connectivity index (χ4n) is 3.77. The number of halogens is 2. The van der Waals surface area contributed by atoms with Crippen molar-refractivity contribution in [3.05, 3.63) is 65.1 Å². The summed E-state index contributed by atoms with van der Waals surface area (Å²) in [7, 11) is 1.49. The fraction of sp³-hybridized carbons (Fsp3) is 0.308. The Morgan fingerprint density at radius 1 is 1.21 bits per heavy atom. The molecule has 2 amide bonds. The third-order valence-electron chi connectivity index (χ3n) is 5.66. The lowest BCUT2D eigenvalue weighted by Gasteiger charge is -2.21. The highest BCUT2D eigenvalue weighted by atomic mass is 19.2. The number of ether oxygens (including phenoxy) is 1. The largest absolute Gasteiger partial charge is 0.476 e. The molecule has 0 fully saturated rings. The summed E-state index contributed by atoms with van der Waals surface area (Å²) < 4.78 is 35.3. The van der Waals surface area contributed by atoms with Crippen molar-refractivity contribution < 1.29 is 27.9 Å². The van der Waals surface area contributed by atoms with Crippen LogP contribution >= 0.6 is 0 Å². The third kappa shape index (κ3) is 5.96. The number of aryl methyl sites for hydroxylation is 1. The molecule has 0 bridgehead atoms. The molecule has 12 heteroatoms. The van der Waals surface area contributed by atoms with E-state index in [0.717, 1.165) is 0 Å². The molecule has 0 atom stereocenters. The summed E-state index contributed by atoms with van der Waals surface area (Å²) in [5.74, 6) is -3.79. The van der Waals surface area contributed by atoms with Gasteiger partial charge >= 0.3 is 0 Å². The maximum absolute atomic E-state index is 14.7.